The number of esters is 1. The van der Waals surface area contributed by atoms with Gasteiger partial charge in [0, 0.05) is 12.8 Å². The van der Waals surface area contributed by atoms with Gasteiger partial charge < -0.3 is 20.3 Å². The van der Waals surface area contributed by atoms with Gasteiger partial charge in [0.25, 0.3) is 0 Å². The maximum Gasteiger partial charge on any atom is 0.305 e. The summed E-state index contributed by atoms with van der Waals surface area (Å²) in [6, 6.07) is -0.538. The number of carbonyl (C=O) groups is 2. The van der Waals surface area contributed by atoms with Crippen LogP contribution in [0.15, 0.2) is 24.3 Å². The lowest BCUT2D eigenvalue weighted by atomic mass is 10.0. The van der Waals surface area contributed by atoms with Crippen LogP contribution in [0.25, 0.3) is 0 Å². The van der Waals surface area contributed by atoms with Gasteiger partial charge in [-0.05, 0) is 77.0 Å². The molecule has 3 N–H and O–H groups in total. The Morgan fingerprint density at radius 1 is 0.314 bits per heavy atom. The molecule has 6 heteroatoms. The van der Waals surface area contributed by atoms with Crippen molar-refractivity contribution in [2.24, 2.45) is 0 Å². The van der Waals surface area contributed by atoms with Gasteiger partial charge in [0.05, 0.1) is 25.4 Å². The van der Waals surface area contributed by atoms with Crippen LogP contribution in [0.1, 0.15) is 450 Å². The molecular formula is C80H155NO5. The smallest absolute Gasteiger partial charge is 0.305 e. The highest BCUT2D eigenvalue weighted by molar-refractivity contribution is 5.76. The maximum atomic E-state index is 12.5. The lowest BCUT2D eigenvalue weighted by molar-refractivity contribution is -0.143. The molecule has 0 aromatic rings. The van der Waals surface area contributed by atoms with Crippen molar-refractivity contribution in [1.82, 2.24) is 5.32 Å². The van der Waals surface area contributed by atoms with E-state index in [4.69, 9.17) is 4.74 Å². The van der Waals surface area contributed by atoms with Crippen LogP contribution in [0.2, 0.25) is 0 Å². The molecule has 0 aliphatic rings. The summed E-state index contributed by atoms with van der Waals surface area (Å²) in [6.45, 7) is 4.99. The minimum absolute atomic E-state index is 0.0208. The van der Waals surface area contributed by atoms with Crippen LogP contribution in [-0.2, 0) is 14.3 Å². The first-order valence-electron chi connectivity index (χ1n) is 39.6. The van der Waals surface area contributed by atoms with Crippen LogP contribution in [0, 0.1) is 0 Å². The number of amides is 1. The summed E-state index contributed by atoms with van der Waals surface area (Å²) in [5, 5.41) is 23.4. The molecule has 0 radical (unpaired) electrons. The highest BCUT2D eigenvalue weighted by atomic mass is 16.5. The molecular weight excluding hydrogens is 1050 g/mol. The van der Waals surface area contributed by atoms with Gasteiger partial charge in [-0.15, -0.1) is 0 Å². The van der Waals surface area contributed by atoms with Gasteiger partial charge in [-0.1, -0.05) is 385 Å². The molecule has 0 aromatic heterocycles. The standard InChI is InChI=1S/C80H155NO5/c1-3-5-7-9-11-13-15-17-19-20-38-42-46-50-54-58-62-66-70-74-80(85)86-75-71-67-63-59-55-51-47-43-40-37-35-33-31-29-27-25-23-21-22-24-26-28-30-32-34-36-39-41-45-49-53-57-61-65-69-73-79(84)81-77(76-82)78(83)72-68-64-60-56-52-48-44-18-16-14-12-10-8-6-4-2/h17,19,23,25,77-78,82-83H,3-16,18,20-22,24,26-76H2,1-2H3,(H,81,84)/b19-17-,25-23-. The Balaban J connectivity index is 3.32. The molecule has 0 rings (SSSR count). The lowest BCUT2D eigenvalue weighted by Gasteiger charge is -2.22. The fraction of sp³-hybridized carbons (Fsp3) is 0.925. The van der Waals surface area contributed by atoms with Gasteiger partial charge >= 0.3 is 5.97 Å². The van der Waals surface area contributed by atoms with Crippen LogP contribution in [0.3, 0.4) is 0 Å². The summed E-state index contributed by atoms with van der Waals surface area (Å²) in [5.74, 6) is -0.00709. The Morgan fingerprint density at radius 2 is 0.547 bits per heavy atom. The predicted molar refractivity (Wildman–Crippen MR) is 380 cm³/mol. The predicted octanol–water partition coefficient (Wildman–Crippen LogP) is 26.0. The van der Waals surface area contributed by atoms with Crippen molar-refractivity contribution in [3.8, 4) is 0 Å². The number of nitrogens with one attached hydrogen (secondary N) is 1. The first-order valence-corrected chi connectivity index (χ1v) is 39.6. The van der Waals surface area contributed by atoms with Crippen molar-refractivity contribution in [2.75, 3.05) is 13.2 Å². The Labute approximate surface area is 539 Å². The van der Waals surface area contributed by atoms with Gasteiger partial charge in [0.1, 0.15) is 0 Å². The third-order valence-electron chi connectivity index (χ3n) is 18.7. The van der Waals surface area contributed by atoms with E-state index in [0.717, 1.165) is 38.5 Å². The molecule has 0 bridgehead atoms. The Morgan fingerprint density at radius 3 is 0.826 bits per heavy atom. The van der Waals surface area contributed by atoms with Gasteiger partial charge in [-0.2, -0.15) is 0 Å². The van der Waals surface area contributed by atoms with E-state index in [-0.39, 0.29) is 18.5 Å². The molecule has 0 aliphatic heterocycles. The number of carbonyl (C=O) groups excluding carboxylic acids is 2. The first kappa shape index (κ1) is 84.3. The first-order chi connectivity index (χ1) is 42.5. The molecule has 2 unspecified atom stereocenters. The summed E-state index contributed by atoms with van der Waals surface area (Å²) in [6.07, 6.45) is 97.0. The number of unbranched alkanes of at least 4 members (excludes halogenated alkanes) is 60. The van der Waals surface area contributed by atoms with Crippen molar-refractivity contribution in [3.05, 3.63) is 24.3 Å². The van der Waals surface area contributed by atoms with Crippen LogP contribution < -0.4 is 5.32 Å². The fourth-order valence-corrected chi connectivity index (χ4v) is 12.7. The van der Waals surface area contributed by atoms with Gasteiger partial charge in [0.2, 0.25) is 5.91 Å². The number of allylic oxidation sites excluding steroid dienone is 4. The van der Waals surface area contributed by atoms with Crippen molar-refractivity contribution < 1.29 is 24.5 Å². The summed E-state index contributed by atoms with van der Waals surface area (Å²) in [7, 11) is 0. The molecule has 2 atom stereocenters. The second-order valence-electron chi connectivity index (χ2n) is 27.4. The highest BCUT2D eigenvalue weighted by Gasteiger charge is 2.20. The molecule has 0 saturated carbocycles. The fourth-order valence-electron chi connectivity index (χ4n) is 12.7. The Bertz CT molecular complexity index is 1350. The molecule has 6 nitrogen and oxygen atoms in total. The van der Waals surface area contributed by atoms with Crippen LogP contribution >= 0.6 is 0 Å². The van der Waals surface area contributed by atoms with E-state index in [1.165, 1.54) is 379 Å². The van der Waals surface area contributed by atoms with Crippen molar-refractivity contribution >= 4 is 11.9 Å². The molecule has 0 fully saturated rings. The molecule has 0 saturated heterocycles. The van der Waals surface area contributed by atoms with E-state index in [1.807, 2.05) is 0 Å². The molecule has 0 aliphatic carbocycles. The third-order valence-corrected chi connectivity index (χ3v) is 18.7. The average Bonchev–Trinajstić information content (AvgIpc) is 3.54. The SMILES string of the molecule is CCCCCCCC/C=C\CCCCCCCCCCCC(=O)OCCCCCCCCCCCCCCCC/C=C\CCCCCCCCCCCCCCCCCCCC(=O)NC(CO)C(O)CCCCCCCCCCCCCCCCC. The van der Waals surface area contributed by atoms with Crippen molar-refractivity contribution in [3.63, 3.8) is 0 Å². The van der Waals surface area contributed by atoms with Crippen molar-refractivity contribution in [2.45, 2.75) is 463 Å². The zero-order chi connectivity index (χ0) is 62.0. The number of aliphatic hydroxyl groups is 2. The minimum atomic E-state index is -0.661. The lowest BCUT2D eigenvalue weighted by Crippen LogP contribution is -2.45. The minimum Gasteiger partial charge on any atom is -0.466 e. The highest BCUT2D eigenvalue weighted by Crippen LogP contribution is 2.20. The topological polar surface area (TPSA) is 95.9 Å². The second-order valence-corrected chi connectivity index (χ2v) is 27.4. The molecule has 0 aromatic carbocycles. The summed E-state index contributed by atoms with van der Waals surface area (Å²) in [5.41, 5.74) is 0. The number of aliphatic hydroxyl groups excluding tert-OH is 2. The van der Waals surface area contributed by atoms with Crippen LogP contribution in [-0.4, -0.2) is 47.4 Å². The number of hydrogen-bond acceptors (Lipinski definition) is 5. The Hall–Kier alpha value is -1.66. The van der Waals surface area contributed by atoms with Gasteiger partial charge in [0.15, 0.2) is 0 Å². The third kappa shape index (κ3) is 71.4. The van der Waals surface area contributed by atoms with E-state index in [2.05, 4.69) is 43.5 Å². The van der Waals surface area contributed by atoms with E-state index in [0.29, 0.717) is 25.9 Å². The zero-order valence-corrected chi connectivity index (χ0v) is 58.6. The van der Waals surface area contributed by atoms with Crippen molar-refractivity contribution in [1.29, 1.82) is 0 Å². The molecule has 510 valence electrons. The van der Waals surface area contributed by atoms with Gasteiger partial charge in [-0.25, -0.2) is 0 Å². The van der Waals surface area contributed by atoms with E-state index in [9.17, 15) is 19.8 Å². The largest absolute Gasteiger partial charge is 0.466 e. The van der Waals surface area contributed by atoms with E-state index < -0.39 is 12.1 Å². The number of ether oxygens (including phenoxy) is 1. The van der Waals surface area contributed by atoms with Gasteiger partial charge in [-0.3, -0.25) is 9.59 Å². The van der Waals surface area contributed by atoms with Crippen LogP contribution in [0.5, 0.6) is 0 Å². The summed E-state index contributed by atoms with van der Waals surface area (Å²) >= 11 is 0. The van der Waals surface area contributed by atoms with E-state index in [1.54, 1.807) is 0 Å². The monoisotopic (exact) mass is 1210 g/mol. The average molecular weight is 1210 g/mol. The Kier molecular flexibility index (Phi) is 74.3. The molecule has 1 amide bonds. The number of hydrogen-bond donors (Lipinski definition) is 3. The van der Waals surface area contributed by atoms with Crippen LogP contribution in [0.4, 0.5) is 0 Å². The second kappa shape index (κ2) is 75.8. The normalized spacial score (nSPS) is 12.6. The molecule has 0 heterocycles. The molecule has 86 heavy (non-hydrogen) atoms. The quantitative estimate of drug-likeness (QED) is 0.0320. The molecule has 0 spiro atoms. The zero-order valence-electron chi connectivity index (χ0n) is 58.6. The number of rotatable bonds is 75. The summed E-state index contributed by atoms with van der Waals surface area (Å²) in [4.78, 5) is 24.6. The summed E-state index contributed by atoms with van der Waals surface area (Å²) < 4.78 is 5.52. The maximum absolute atomic E-state index is 12.5. The van der Waals surface area contributed by atoms with E-state index >= 15 is 0 Å².